The van der Waals surface area contributed by atoms with Crippen molar-refractivity contribution in [3.8, 4) is 5.69 Å². The molecule has 0 unspecified atom stereocenters. The molecule has 5 heteroatoms. The minimum atomic E-state index is -0.338. The van der Waals surface area contributed by atoms with Crippen molar-refractivity contribution in [1.82, 2.24) is 9.55 Å². The van der Waals surface area contributed by atoms with Gasteiger partial charge in [-0.05, 0) is 42.8 Å². The predicted octanol–water partition coefficient (Wildman–Crippen LogP) is 4.91. The Balaban J connectivity index is 2.33. The van der Waals surface area contributed by atoms with Crippen molar-refractivity contribution in [2.45, 2.75) is 13.3 Å². The zero-order chi connectivity index (χ0) is 15.0. The van der Waals surface area contributed by atoms with E-state index in [1.54, 1.807) is 10.6 Å². The second-order valence-electron chi connectivity index (χ2n) is 4.89. The Morgan fingerprint density at radius 2 is 2.00 bits per heavy atom. The summed E-state index contributed by atoms with van der Waals surface area (Å²) in [6.45, 7) is 2.00. The van der Waals surface area contributed by atoms with E-state index in [1.807, 2.05) is 25.1 Å². The lowest BCUT2D eigenvalue weighted by atomic mass is 10.2. The van der Waals surface area contributed by atoms with Crippen LogP contribution in [-0.2, 0) is 6.42 Å². The normalized spacial score (nSPS) is 11.2. The van der Waals surface area contributed by atoms with Gasteiger partial charge in [0.2, 0.25) is 0 Å². The molecule has 2 nitrogen and oxygen atoms in total. The van der Waals surface area contributed by atoms with E-state index in [4.69, 9.17) is 23.2 Å². The maximum atomic E-state index is 14.2. The molecule has 0 fully saturated rings. The molecule has 3 aromatic rings. The van der Waals surface area contributed by atoms with E-state index in [1.165, 1.54) is 12.1 Å². The predicted molar refractivity (Wildman–Crippen MR) is 85.2 cm³/mol. The summed E-state index contributed by atoms with van der Waals surface area (Å²) in [5.41, 5.74) is 3.18. The van der Waals surface area contributed by atoms with Crippen molar-refractivity contribution >= 4 is 34.2 Å². The summed E-state index contributed by atoms with van der Waals surface area (Å²) >= 11 is 11.9. The number of aromatic nitrogens is 2. The molecule has 108 valence electrons. The van der Waals surface area contributed by atoms with Gasteiger partial charge in [0.15, 0.2) is 0 Å². The summed E-state index contributed by atoms with van der Waals surface area (Å²) in [6.07, 6.45) is 0.557. The number of halogens is 3. The molecular weight excluding hydrogens is 310 g/mol. The molecule has 0 aliphatic carbocycles. The minimum Gasteiger partial charge on any atom is -0.293 e. The van der Waals surface area contributed by atoms with Crippen molar-refractivity contribution in [1.29, 1.82) is 0 Å². The monoisotopic (exact) mass is 322 g/mol. The zero-order valence-electron chi connectivity index (χ0n) is 11.4. The summed E-state index contributed by atoms with van der Waals surface area (Å²) in [4.78, 5) is 4.58. The van der Waals surface area contributed by atoms with Crippen LogP contribution in [0.2, 0.25) is 5.02 Å². The van der Waals surface area contributed by atoms with Crippen LogP contribution in [0.15, 0.2) is 36.4 Å². The Labute approximate surface area is 132 Å². The molecule has 1 heterocycles. The first kappa shape index (κ1) is 14.4. The largest absolute Gasteiger partial charge is 0.293 e. The lowest BCUT2D eigenvalue weighted by Crippen LogP contribution is -2.04. The number of fused-ring (bicyclic) bond motifs is 1. The van der Waals surface area contributed by atoms with Crippen molar-refractivity contribution in [2.75, 3.05) is 5.88 Å². The second kappa shape index (κ2) is 5.66. The highest BCUT2D eigenvalue weighted by atomic mass is 35.5. The molecule has 0 atom stereocenters. The third-order valence-corrected chi connectivity index (χ3v) is 3.77. The highest BCUT2D eigenvalue weighted by molar-refractivity contribution is 6.30. The fraction of sp³-hybridized carbons (Fsp3) is 0.188. The summed E-state index contributed by atoms with van der Waals surface area (Å²) < 4.78 is 16.0. The third kappa shape index (κ3) is 2.63. The topological polar surface area (TPSA) is 17.8 Å². The average Bonchev–Trinajstić information content (AvgIpc) is 2.79. The van der Waals surface area contributed by atoms with E-state index in [-0.39, 0.29) is 5.82 Å². The van der Waals surface area contributed by atoms with Crippen LogP contribution in [0, 0.1) is 12.7 Å². The molecule has 0 saturated carbocycles. The van der Waals surface area contributed by atoms with Gasteiger partial charge in [0, 0.05) is 17.3 Å². The van der Waals surface area contributed by atoms with E-state index in [2.05, 4.69) is 4.98 Å². The molecule has 0 bridgehead atoms. The minimum absolute atomic E-state index is 0.338. The molecule has 3 rings (SSSR count). The first-order valence-corrected chi connectivity index (χ1v) is 7.51. The summed E-state index contributed by atoms with van der Waals surface area (Å²) in [6, 6.07) is 10.4. The molecule has 21 heavy (non-hydrogen) atoms. The fourth-order valence-corrected chi connectivity index (χ4v) is 2.75. The summed E-state index contributed by atoms with van der Waals surface area (Å²) in [7, 11) is 0. The van der Waals surface area contributed by atoms with Gasteiger partial charge in [-0.25, -0.2) is 9.37 Å². The highest BCUT2D eigenvalue weighted by Gasteiger charge is 2.15. The third-order valence-electron chi connectivity index (χ3n) is 3.35. The molecular formula is C16H13Cl2FN2. The Morgan fingerprint density at radius 3 is 2.76 bits per heavy atom. The van der Waals surface area contributed by atoms with E-state index in [0.29, 0.717) is 23.0 Å². The smallest absolute Gasteiger partial charge is 0.147 e. The second-order valence-corrected chi connectivity index (χ2v) is 5.70. The van der Waals surface area contributed by atoms with Gasteiger partial charge >= 0.3 is 0 Å². The number of benzene rings is 2. The first-order chi connectivity index (χ1) is 10.1. The molecule has 0 N–H and O–H groups in total. The number of alkyl halides is 1. The number of rotatable bonds is 3. The number of hydrogen-bond donors (Lipinski definition) is 0. The molecule has 0 radical (unpaired) electrons. The van der Waals surface area contributed by atoms with Crippen molar-refractivity contribution in [2.24, 2.45) is 0 Å². The van der Waals surface area contributed by atoms with Crippen LogP contribution in [0.25, 0.3) is 16.7 Å². The summed E-state index contributed by atoms with van der Waals surface area (Å²) in [5, 5.41) is 0.484. The fourth-order valence-electron chi connectivity index (χ4n) is 2.42. The molecule has 0 aliphatic rings. The van der Waals surface area contributed by atoms with Gasteiger partial charge in [0.1, 0.15) is 11.6 Å². The maximum Gasteiger partial charge on any atom is 0.147 e. The van der Waals surface area contributed by atoms with E-state index in [0.717, 1.165) is 22.4 Å². The quantitative estimate of drug-likeness (QED) is 0.626. The van der Waals surface area contributed by atoms with Crippen LogP contribution in [0.3, 0.4) is 0 Å². The van der Waals surface area contributed by atoms with Crippen molar-refractivity contribution in [3.05, 3.63) is 58.6 Å². The molecule has 2 aromatic carbocycles. The molecule has 0 amide bonds. The van der Waals surface area contributed by atoms with Crippen molar-refractivity contribution < 1.29 is 4.39 Å². The van der Waals surface area contributed by atoms with Crippen LogP contribution in [0.4, 0.5) is 4.39 Å². The van der Waals surface area contributed by atoms with Crippen molar-refractivity contribution in [3.63, 3.8) is 0 Å². The van der Waals surface area contributed by atoms with Crippen LogP contribution < -0.4 is 0 Å². The van der Waals surface area contributed by atoms with Crippen LogP contribution in [-0.4, -0.2) is 15.4 Å². The van der Waals surface area contributed by atoms with E-state index < -0.39 is 0 Å². The Hall–Kier alpha value is -1.58. The molecule has 0 aliphatic heterocycles. The standard InChI is InChI=1S/C16H13Cl2FN2/c1-10-2-5-14-13(8-10)20-16(6-7-17)21(14)15-9-11(18)3-4-12(15)19/h2-5,8-9H,6-7H2,1H3. The maximum absolute atomic E-state index is 14.2. The zero-order valence-corrected chi connectivity index (χ0v) is 12.9. The van der Waals surface area contributed by atoms with Crippen LogP contribution in [0.1, 0.15) is 11.4 Å². The SMILES string of the molecule is Cc1ccc2c(c1)nc(CCCl)n2-c1cc(Cl)ccc1F. The van der Waals surface area contributed by atoms with Gasteiger partial charge in [0.05, 0.1) is 16.7 Å². The summed E-state index contributed by atoms with van der Waals surface area (Å²) in [5.74, 6) is 0.812. The average molecular weight is 323 g/mol. The highest BCUT2D eigenvalue weighted by Crippen LogP contribution is 2.26. The van der Waals surface area contributed by atoms with Gasteiger partial charge in [-0.3, -0.25) is 4.57 Å². The van der Waals surface area contributed by atoms with E-state index >= 15 is 0 Å². The number of aryl methyl sites for hydroxylation is 2. The Bertz CT molecular complexity index is 811. The van der Waals surface area contributed by atoms with E-state index in [9.17, 15) is 4.39 Å². The van der Waals surface area contributed by atoms with Crippen LogP contribution >= 0.6 is 23.2 Å². The van der Waals surface area contributed by atoms with Gasteiger partial charge in [-0.15, -0.1) is 11.6 Å². The van der Waals surface area contributed by atoms with Gasteiger partial charge in [0.25, 0.3) is 0 Å². The van der Waals surface area contributed by atoms with Gasteiger partial charge in [-0.1, -0.05) is 17.7 Å². The van der Waals surface area contributed by atoms with Gasteiger partial charge in [-0.2, -0.15) is 0 Å². The molecule has 1 aromatic heterocycles. The van der Waals surface area contributed by atoms with Crippen LogP contribution in [0.5, 0.6) is 0 Å². The molecule has 0 spiro atoms. The molecule has 0 saturated heterocycles. The lowest BCUT2D eigenvalue weighted by Gasteiger charge is -2.10. The number of imidazole rings is 1. The Kier molecular flexibility index (Phi) is 3.87. The lowest BCUT2D eigenvalue weighted by molar-refractivity contribution is 0.617. The number of hydrogen-bond acceptors (Lipinski definition) is 1. The van der Waals surface area contributed by atoms with Gasteiger partial charge < -0.3 is 0 Å². The Morgan fingerprint density at radius 1 is 1.19 bits per heavy atom. The number of nitrogens with zero attached hydrogens (tertiary/aromatic N) is 2. The first-order valence-electron chi connectivity index (χ1n) is 6.59.